The molecule has 5 nitrogen and oxygen atoms in total. The molecular formula is C17H12Cl4O5. The van der Waals surface area contributed by atoms with Crippen molar-refractivity contribution in [3.8, 4) is 11.5 Å². The van der Waals surface area contributed by atoms with Gasteiger partial charge < -0.3 is 14.6 Å². The number of hydrogen-bond acceptors (Lipinski definition) is 4. The number of carbonyl (C=O) groups is 2. The number of carbonyl (C=O) groups excluding carboxylic acids is 1. The molecule has 0 saturated carbocycles. The topological polar surface area (TPSA) is 72.8 Å². The molecule has 0 radical (unpaired) electrons. The second kappa shape index (κ2) is 8.82. The van der Waals surface area contributed by atoms with E-state index >= 15 is 0 Å². The van der Waals surface area contributed by atoms with Gasteiger partial charge in [0.05, 0.1) is 21.5 Å². The SMILES string of the molecule is Cc1cc(Cl)ccc1OC(CC(=O)Oc1cc(Cl)c(Cl)cc1Cl)C(=O)O. The number of aliphatic carboxylic acids is 1. The van der Waals surface area contributed by atoms with Gasteiger partial charge in [-0.2, -0.15) is 0 Å². The predicted octanol–water partition coefficient (Wildman–Crippen LogP) is 5.44. The van der Waals surface area contributed by atoms with Gasteiger partial charge in [-0.3, -0.25) is 4.79 Å². The minimum atomic E-state index is -1.45. The van der Waals surface area contributed by atoms with Gasteiger partial charge in [0.15, 0.2) is 5.75 Å². The summed E-state index contributed by atoms with van der Waals surface area (Å²) in [6.07, 6.45) is -2.00. The van der Waals surface area contributed by atoms with Crippen molar-refractivity contribution in [1.82, 2.24) is 0 Å². The molecule has 0 aromatic heterocycles. The van der Waals surface area contributed by atoms with Crippen LogP contribution in [-0.2, 0) is 9.59 Å². The van der Waals surface area contributed by atoms with Crippen molar-refractivity contribution in [1.29, 1.82) is 0 Å². The van der Waals surface area contributed by atoms with Gasteiger partial charge in [-0.1, -0.05) is 46.4 Å². The maximum atomic E-state index is 12.1. The second-order valence-corrected chi connectivity index (χ2v) is 6.89. The van der Waals surface area contributed by atoms with E-state index in [0.717, 1.165) is 0 Å². The largest absolute Gasteiger partial charge is 0.478 e. The minimum Gasteiger partial charge on any atom is -0.478 e. The molecule has 0 aliphatic carbocycles. The fraction of sp³-hybridized carbons (Fsp3) is 0.176. The first-order valence-electron chi connectivity index (χ1n) is 7.18. The highest BCUT2D eigenvalue weighted by Crippen LogP contribution is 2.34. The van der Waals surface area contributed by atoms with E-state index in [1.165, 1.54) is 18.2 Å². The van der Waals surface area contributed by atoms with Crippen LogP contribution >= 0.6 is 46.4 Å². The summed E-state index contributed by atoms with van der Waals surface area (Å²) in [5.41, 5.74) is 0.629. The second-order valence-electron chi connectivity index (χ2n) is 5.23. The normalized spacial score (nSPS) is 11.7. The highest BCUT2D eigenvalue weighted by atomic mass is 35.5. The molecule has 9 heteroatoms. The van der Waals surface area contributed by atoms with Gasteiger partial charge in [0, 0.05) is 11.1 Å². The summed E-state index contributed by atoms with van der Waals surface area (Å²) in [7, 11) is 0. The minimum absolute atomic E-state index is 0.0297. The van der Waals surface area contributed by atoms with E-state index in [4.69, 9.17) is 55.9 Å². The fourth-order valence-corrected chi connectivity index (χ4v) is 2.78. The smallest absolute Gasteiger partial charge is 0.345 e. The van der Waals surface area contributed by atoms with Crippen LogP contribution in [0.2, 0.25) is 20.1 Å². The zero-order valence-corrected chi connectivity index (χ0v) is 16.3. The van der Waals surface area contributed by atoms with Crippen LogP contribution in [0.25, 0.3) is 0 Å². The van der Waals surface area contributed by atoms with Crippen LogP contribution in [-0.4, -0.2) is 23.1 Å². The Morgan fingerprint density at radius 2 is 1.65 bits per heavy atom. The Hall–Kier alpha value is -1.66. The molecule has 1 unspecified atom stereocenters. The van der Waals surface area contributed by atoms with E-state index in [1.54, 1.807) is 19.1 Å². The third-order valence-corrected chi connectivity index (χ3v) is 4.48. The van der Waals surface area contributed by atoms with Crippen LogP contribution < -0.4 is 9.47 Å². The lowest BCUT2D eigenvalue weighted by Crippen LogP contribution is -2.31. The summed E-state index contributed by atoms with van der Waals surface area (Å²) in [5, 5.41) is 10.2. The zero-order valence-electron chi connectivity index (χ0n) is 13.3. The van der Waals surface area contributed by atoms with Gasteiger partial charge in [0.25, 0.3) is 0 Å². The van der Waals surface area contributed by atoms with E-state index in [2.05, 4.69) is 0 Å². The molecule has 138 valence electrons. The third-order valence-electron chi connectivity index (χ3n) is 3.23. The standard InChI is InChI=1S/C17H12Cl4O5/c1-8-4-9(18)2-3-13(8)25-15(17(23)24)7-16(22)26-14-6-11(20)10(19)5-12(14)21/h2-6,15H,7H2,1H3,(H,23,24). The lowest BCUT2D eigenvalue weighted by Gasteiger charge is -2.16. The molecule has 0 bridgehead atoms. The van der Waals surface area contributed by atoms with Crippen LogP contribution in [0.15, 0.2) is 30.3 Å². The van der Waals surface area contributed by atoms with Crippen molar-refractivity contribution in [3.63, 3.8) is 0 Å². The average Bonchev–Trinajstić information content (AvgIpc) is 2.54. The van der Waals surface area contributed by atoms with Gasteiger partial charge in [-0.25, -0.2) is 4.79 Å². The van der Waals surface area contributed by atoms with Crippen LogP contribution in [0.4, 0.5) is 0 Å². The highest BCUT2D eigenvalue weighted by molar-refractivity contribution is 6.43. The Labute approximate surface area is 169 Å². The molecule has 0 fully saturated rings. The molecule has 0 saturated heterocycles. The Kier molecular flexibility index (Phi) is 7.01. The Bertz CT molecular complexity index is 853. The van der Waals surface area contributed by atoms with Crippen LogP contribution in [0.3, 0.4) is 0 Å². The van der Waals surface area contributed by atoms with Crippen molar-refractivity contribution in [2.24, 2.45) is 0 Å². The number of ether oxygens (including phenoxy) is 2. The lowest BCUT2D eigenvalue weighted by atomic mass is 10.2. The molecular weight excluding hydrogens is 426 g/mol. The maximum Gasteiger partial charge on any atom is 0.345 e. The number of esters is 1. The first kappa shape index (κ1) is 20.6. The molecule has 2 aromatic rings. The summed E-state index contributed by atoms with van der Waals surface area (Å²) >= 11 is 23.4. The lowest BCUT2D eigenvalue weighted by molar-refractivity contribution is -0.150. The molecule has 1 atom stereocenters. The van der Waals surface area contributed by atoms with Crippen molar-refractivity contribution in [2.75, 3.05) is 0 Å². The average molecular weight is 438 g/mol. The molecule has 2 aromatic carbocycles. The summed E-state index contributed by atoms with van der Waals surface area (Å²) in [5.74, 6) is -1.92. The summed E-state index contributed by atoms with van der Waals surface area (Å²) < 4.78 is 10.5. The van der Waals surface area contributed by atoms with E-state index < -0.39 is 24.5 Å². The highest BCUT2D eigenvalue weighted by Gasteiger charge is 2.26. The predicted molar refractivity (Wildman–Crippen MR) is 100.0 cm³/mol. The number of carboxylic acid groups (broad SMARTS) is 1. The van der Waals surface area contributed by atoms with E-state index in [0.29, 0.717) is 16.3 Å². The fourth-order valence-electron chi connectivity index (χ4n) is 1.98. The van der Waals surface area contributed by atoms with Gasteiger partial charge in [-0.15, -0.1) is 0 Å². The van der Waals surface area contributed by atoms with Gasteiger partial charge in [0.1, 0.15) is 5.75 Å². The summed E-state index contributed by atoms with van der Waals surface area (Å²) in [4.78, 5) is 23.5. The molecule has 26 heavy (non-hydrogen) atoms. The van der Waals surface area contributed by atoms with Crippen LogP contribution in [0.5, 0.6) is 11.5 Å². The number of halogens is 4. The van der Waals surface area contributed by atoms with E-state index in [-0.39, 0.29) is 20.8 Å². The first-order chi connectivity index (χ1) is 12.2. The van der Waals surface area contributed by atoms with Crippen molar-refractivity contribution < 1.29 is 24.2 Å². The van der Waals surface area contributed by atoms with Gasteiger partial charge >= 0.3 is 11.9 Å². The van der Waals surface area contributed by atoms with E-state index in [9.17, 15) is 14.7 Å². The van der Waals surface area contributed by atoms with Crippen molar-refractivity contribution in [2.45, 2.75) is 19.4 Å². The van der Waals surface area contributed by atoms with Gasteiger partial charge in [-0.05, 0) is 36.8 Å². The van der Waals surface area contributed by atoms with Crippen molar-refractivity contribution in [3.05, 3.63) is 56.0 Å². The first-order valence-corrected chi connectivity index (χ1v) is 8.69. The number of benzene rings is 2. The van der Waals surface area contributed by atoms with Crippen LogP contribution in [0.1, 0.15) is 12.0 Å². The quantitative estimate of drug-likeness (QED) is 0.370. The molecule has 0 aliphatic rings. The Balaban J connectivity index is 2.11. The van der Waals surface area contributed by atoms with Gasteiger partial charge in [0.2, 0.25) is 6.10 Å². The molecule has 0 aliphatic heterocycles. The molecule has 1 N–H and O–H groups in total. The number of carboxylic acids is 1. The summed E-state index contributed by atoms with van der Waals surface area (Å²) in [6.45, 7) is 1.70. The number of aryl methyl sites for hydroxylation is 1. The Morgan fingerprint density at radius 1 is 1.00 bits per heavy atom. The molecule has 0 amide bonds. The number of rotatable bonds is 6. The monoisotopic (exact) mass is 436 g/mol. The molecule has 0 heterocycles. The third kappa shape index (κ3) is 5.42. The Morgan fingerprint density at radius 3 is 2.27 bits per heavy atom. The maximum absolute atomic E-state index is 12.1. The van der Waals surface area contributed by atoms with E-state index in [1.807, 2.05) is 0 Å². The molecule has 0 spiro atoms. The molecule has 2 rings (SSSR count). The zero-order chi connectivity index (χ0) is 19.4. The van der Waals surface area contributed by atoms with Crippen LogP contribution in [0, 0.1) is 6.92 Å². The summed E-state index contributed by atoms with van der Waals surface area (Å²) in [6, 6.07) is 7.27. The van der Waals surface area contributed by atoms with Crippen molar-refractivity contribution >= 4 is 58.3 Å². The number of hydrogen-bond donors (Lipinski definition) is 1.